The number of halogens is 3. The Morgan fingerprint density at radius 1 is 1.20 bits per heavy atom. The average molecular weight is 277 g/mol. The van der Waals surface area contributed by atoms with Crippen LogP contribution in [0.2, 0.25) is 0 Å². The van der Waals surface area contributed by atoms with E-state index in [0.29, 0.717) is 5.69 Å². The Bertz CT molecular complexity index is 659. The van der Waals surface area contributed by atoms with E-state index in [1.54, 1.807) is 6.07 Å². The summed E-state index contributed by atoms with van der Waals surface area (Å²) in [7, 11) is 1.51. The summed E-state index contributed by atoms with van der Waals surface area (Å²) in [5.41, 5.74) is -0.0833. The van der Waals surface area contributed by atoms with E-state index in [2.05, 4.69) is 4.98 Å². The molecule has 102 valence electrons. The molecule has 0 saturated carbocycles. The van der Waals surface area contributed by atoms with Crippen molar-refractivity contribution in [3.63, 3.8) is 0 Å². The van der Waals surface area contributed by atoms with Gasteiger partial charge in [0.25, 0.3) is 0 Å². The Hall–Kier alpha value is -2.55. The number of rotatable bonds is 2. The fourth-order valence-corrected chi connectivity index (χ4v) is 1.83. The monoisotopic (exact) mass is 277 g/mol. The Morgan fingerprint density at radius 2 is 1.90 bits per heavy atom. The molecule has 0 atom stereocenters. The first kappa shape index (κ1) is 13.9. The predicted octanol–water partition coefficient (Wildman–Crippen LogP) is 3.74. The van der Waals surface area contributed by atoms with Crippen LogP contribution in [0.5, 0.6) is 0 Å². The van der Waals surface area contributed by atoms with Crippen LogP contribution in [0, 0.1) is 11.3 Å². The zero-order chi connectivity index (χ0) is 14.8. The number of alkyl halides is 3. The van der Waals surface area contributed by atoms with Crippen molar-refractivity contribution in [1.29, 1.82) is 5.26 Å². The molecule has 0 amide bonds. The normalized spacial score (nSPS) is 10.9. The maximum atomic E-state index is 13.0. The molecule has 0 unspecified atom stereocenters. The third-order valence-corrected chi connectivity index (χ3v) is 2.82. The van der Waals surface area contributed by atoms with E-state index in [9.17, 15) is 13.2 Å². The highest BCUT2D eigenvalue weighted by Crippen LogP contribution is 2.38. The summed E-state index contributed by atoms with van der Waals surface area (Å²) in [5, 5.41) is 8.79. The number of nitrogens with zero attached hydrogens (tertiary/aromatic N) is 3. The molecule has 0 saturated heterocycles. The van der Waals surface area contributed by atoms with E-state index in [0.717, 1.165) is 6.07 Å². The lowest BCUT2D eigenvalue weighted by Crippen LogP contribution is -2.16. The van der Waals surface area contributed by atoms with Gasteiger partial charge in [0, 0.05) is 18.9 Å². The maximum absolute atomic E-state index is 13.0. The Morgan fingerprint density at radius 3 is 2.55 bits per heavy atom. The molecule has 1 aromatic heterocycles. The number of benzene rings is 1. The molecule has 0 bridgehead atoms. The predicted molar refractivity (Wildman–Crippen MR) is 68.5 cm³/mol. The van der Waals surface area contributed by atoms with Crippen LogP contribution in [0.1, 0.15) is 11.3 Å². The first-order valence-corrected chi connectivity index (χ1v) is 5.69. The minimum absolute atomic E-state index is 0.0232. The van der Waals surface area contributed by atoms with Crippen LogP contribution >= 0.6 is 0 Å². The van der Waals surface area contributed by atoms with Crippen molar-refractivity contribution in [1.82, 2.24) is 4.98 Å². The Labute approximate surface area is 113 Å². The Kier molecular flexibility index (Phi) is 3.61. The maximum Gasteiger partial charge on any atom is 0.418 e. The van der Waals surface area contributed by atoms with Gasteiger partial charge in [-0.3, -0.25) is 0 Å². The van der Waals surface area contributed by atoms with Gasteiger partial charge in [0.2, 0.25) is 0 Å². The van der Waals surface area contributed by atoms with Gasteiger partial charge in [-0.2, -0.15) is 18.4 Å². The van der Waals surface area contributed by atoms with Gasteiger partial charge in [-0.15, -0.1) is 0 Å². The van der Waals surface area contributed by atoms with Crippen LogP contribution in [0.15, 0.2) is 42.6 Å². The van der Waals surface area contributed by atoms with Crippen molar-refractivity contribution in [3.8, 4) is 6.07 Å². The summed E-state index contributed by atoms with van der Waals surface area (Å²) >= 11 is 0. The van der Waals surface area contributed by atoms with Gasteiger partial charge in [-0.1, -0.05) is 12.1 Å². The SMILES string of the molecule is CN(c1ccnc(C#N)c1)c1ccccc1C(F)(F)F. The van der Waals surface area contributed by atoms with Gasteiger partial charge in [0.15, 0.2) is 0 Å². The molecule has 6 heteroatoms. The molecule has 0 aliphatic heterocycles. The van der Waals surface area contributed by atoms with Gasteiger partial charge in [0.1, 0.15) is 11.8 Å². The number of pyridine rings is 1. The number of nitriles is 1. The molecule has 1 aromatic carbocycles. The van der Waals surface area contributed by atoms with Crippen molar-refractivity contribution in [2.75, 3.05) is 11.9 Å². The van der Waals surface area contributed by atoms with E-state index in [1.165, 1.54) is 42.4 Å². The van der Waals surface area contributed by atoms with Crippen molar-refractivity contribution in [2.24, 2.45) is 0 Å². The fourth-order valence-electron chi connectivity index (χ4n) is 1.83. The molecule has 0 N–H and O–H groups in total. The van der Waals surface area contributed by atoms with E-state index in [-0.39, 0.29) is 11.4 Å². The van der Waals surface area contributed by atoms with Crippen molar-refractivity contribution >= 4 is 11.4 Å². The van der Waals surface area contributed by atoms with Gasteiger partial charge in [-0.25, -0.2) is 4.98 Å². The van der Waals surface area contributed by atoms with Crippen LogP contribution in [0.3, 0.4) is 0 Å². The highest BCUT2D eigenvalue weighted by molar-refractivity contribution is 5.66. The van der Waals surface area contributed by atoms with Crippen molar-refractivity contribution in [3.05, 3.63) is 53.9 Å². The first-order chi connectivity index (χ1) is 9.43. The summed E-state index contributed by atoms with van der Waals surface area (Å²) in [5.74, 6) is 0. The van der Waals surface area contributed by atoms with Crippen LogP contribution in [0.4, 0.5) is 24.5 Å². The highest BCUT2D eigenvalue weighted by Gasteiger charge is 2.34. The summed E-state index contributed by atoms with van der Waals surface area (Å²) in [6.07, 6.45) is -3.05. The second kappa shape index (κ2) is 5.21. The molecule has 0 radical (unpaired) electrons. The fraction of sp³-hybridized carbons (Fsp3) is 0.143. The minimum atomic E-state index is -4.43. The largest absolute Gasteiger partial charge is 0.418 e. The lowest BCUT2D eigenvalue weighted by atomic mass is 10.1. The summed E-state index contributed by atoms with van der Waals surface area (Å²) in [4.78, 5) is 5.18. The van der Waals surface area contributed by atoms with E-state index in [1.807, 2.05) is 6.07 Å². The van der Waals surface area contributed by atoms with Crippen LogP contribution in [-0.2, 0) is 6.18 Å². The number of para-hydroxylation sites is 1. The highest BCUT2D eigenvalue weighted by atomic mass is 19.4. The minimum Gasteiger partial charge on any atom is -0.344 e. The van der Waals surface area contributed by atoms with E-state index < -0.39 is 11.7 Å². The average Bonchev–Trinajstić information content (AvgIpc) is 2.45. The second-order valence-electron chi connectivity index (χ2n) is 4.09. The lowest BCUT2D eigenvalue weighted by molar-refractivity contribution is -0.137. The smallest absolute Gasteiger partial charge is 0.344 e. The molecule has 2 rings (SSSR count). The molecule has 0 aliphatic carbocycles. The van der Waals surface area contributed by atoms with Crippen LogP contribution < -0.4 is 4.90 Å². The zero-order valence-electron chi connectivity index (χ0n) is 10.5. The molecule has 0 fully saturated rings. The molecule has 0 spiro atoms. The van der Waals surface area contributed by atoms with E-state index in [4.69, 9.17) is 5.26 Å². The second-order valence-corrected chi connectivity index (χ2v) is 4.09. The number of aromatic nitrogens is 1. The van der Waals surface area contributed by atoms with Crippen molar-refractivity contribution < 1.29 is 13.2 Å². The third-order valence-electron chi connectivity index (χ3n) is 2.82. The van der Waals surface area contributed by atoms with Crippen molar-refractivity contribution in [2.45, 2.75) is 6.18 Å². The summed E-state index contributed by atoms with van der Waals surface area (Å²) in [6.45, 7) is 0. The van der Waals surface area contributed by atoms with E-state index >= 15 is 0 Å². The molecular formula is C14H10F3N3. The molecular weight excluding hydrogens is 267 g/mol. The lowest BCUT2D eigenvalue weighted by Gasteiger charge is -2.23. The molecule has 20 heavy (non-hydrogen) atoms. The molecule has 1 heterocycles. The van der Waals surface area contributed by atoms with Gasteiger partial charge in [0.05, 0.1) is 11.3 Å². The molecule has 2 aromatic rings. The Balaban J connectivity index is 2.49. The number of hydrogen-bond acceptors (Lipinski definition) is 3. The van der Waals surface area contributed by atoms with Gasteiger partial charge in [-0.05, 0) is 24.3 Å². The molecule has 0 aliphatic rings. The number of hydrogen-bond donors (Lipinski definition) is 0. The first-order valence-electron chi connectivity index (χ1n) is 5.69. The van der Waals surface area contributed by atoms with Crippen LogP contribution in [0.25, 0.3) is 0 Å². The van der Waals surface area contributed by atoms with Gasteiger partial charge >= 0.3 is 6.18 Å². The zero-order valence-corrected chi connectivity index (χ0v) is 10.5. The number of anilines is 2. The summed E-state index contributed by atoms with van der Waals surface area (Å²) < 4.78 is 38.9. The molecule has 3 nitrogen and oxygen atoms in total. The van der Waals surface area contributed by atoms with Crippen LogP contribution in [-0.4, -0.2) is 12.0 Å². The van der Waals surface area contributed by atoms with Gasteiger partial charge < -0.3 is 4.90 Å². The third kappa shape index (κ3) is 2.72. The summed E-state index contributed by atoms with van der Waals surface area (Å²) in [6, 6.07) is 10.1. The standard InChI is InChI=1S/C14H10F3N3/c1-20(11-6-7-19-10(8-11)9-18)13-5-3-2-4-12(13)14(15,16)17/h2-8H,1H3. The quantitative estimate of drug-likeness (QED) is 0.839. The topological polar surface area (TPSA) is 39.9 Å².